The number of rotatable bonds is 0. The molecule has 4 unspecified atom stereocenters. The Morgan fingerprint density at radius 3 is 2.60 bits per heavy atom. The van der Waals surface area contributed by atoms with Crippen LogP contribution in [0.5, 0.6) is 0 Å². The lowest BCUT2D eigenvalue weighted by molar-refractivity contribution is -0.156. The van der Waals surface area contributed by atoms with E-state index in [0.717, 1.165) is 25.7 Å². The Labute approximate surface area is 149 Å². The summed E-state index contributed by atoms with van der Waals surface area (Å²) in [4.78, 5) is 24.5. The quantitative estimate of drug-likeness (QED) is 0.620. The third-order valence-electron chi connectivity index (χ3n) is 9.07. The van der Waals surface area contributed by atoms with Crippen molar-refractivity contribution in [3.63, 3.8) is 0 Å². The Balaban J connectivity index is 1.52. The van der Waals surface area contributed by atoms with E-state index in [1.165, 1.54) is 24.8 Å². The summed E-state index contributed by atoms with van der Waals surface area (Å²) < 4.78 is 5.46. The zero-order valence-corrected chi connectivity index (χ0v) is 15.3. The molecule has 0 aromatic rings. The average molecular weight is 340 g/mol. The van der Waals surface area contributed by atoms with E-state index in [-0.39, 0.29) is 28.0 Å². The Kier molecular flexibility index (Phi) is 3.08. The van der Waals surface area contributed by atoms with Crippen molar-refractivity contribution in [2.75, 3.05) is 6.61 Å². The van der Waals surface area contributed by atoms with Gasteiger partial charge in [0.25, 0.3) is 0 Å². The summed E-state index contributed by atoms with van der Waals surface area (Å²) in [6.45, 7) is 5.35. The van der Waals surface area contributed by atoms with Crippen LogP contribution in [-0.2, 0) is 14.3 Å². The van der Waals surface area contributed by atoms with Gasteiger partial charge in [-0.15, -0.1) is 0 Å². The summed E-state index contributed by atoms with van der Waals surface area (Å²) in [7, 11) is 0. The first-order valence-corrected chi connectivity index (χ1v) is 10.0. The van der Waals surface area contributed by atoms with Gasteiger partial charge in [-0.25, -0.2) is 0 Å². The molecule has 0 aromatic heterocycles. The first-order chi connectivity index (χ1) is 11.9. The van der Waals surface area contributed by atoms with Gasteiger partial charge in [-0.3, -0.25) is 9.59 Å². The van der Waals surface area contributed by atoms with Crippen LogP contribution in [0.25, 0.3) is 0 Å². The zero-order valence-electron chi connectivity index (χ0n) is 15.3. The predicted octanol–water partition coefficient (Wildman–Crippen LogP) is 4.23. The number of esters is 1. The molecule has 25 heavy (non-hydrogen) atoms. The zero-order chi connectivity index (χ0) is 17.4. The number of cyclic esters (lactones) is 1. The molecule has 1 saturated heterocycles. The molecule has 0 amide bonds. The van der Waals surface area contributed by atoms with Gasteiger partial charge in [0.2, 0.25) is 0 Å². The maximum atomic E-state index is 12.7. The standard InChI is InChI=1S/C22H28O3/c1-20-8-5-15(23)13-14(20)3-4-16-17(20)6-9-21(2)18(16)7-10-22(21)11-12-25-19(22)24/h5,8,13,16-18H,3-4,6-7,9-12H2,1-2H3/t16?,17-,18?,20?,21?,22+/m0/s1. The molecular formula is C22H28O3. The predicted molar refractivity (Wildman–Crippen MR) is 94.6 cm³/mol. The van der Waals surface area contributed by atoms with Crippen LogP contribution in [0.4, 0.5) is 0 Å². The lowest BCUT2D eigenvalue weighted by Gasteiger charge is -2.58. The Morgan fingerprint density at radius 1 is 1.04 bits per heavy atom. The first kappa shape index (κ1) is 15.8. The topological polar surface area (TPSA) is 43.4 Å². The highest BCUT2D eigenvalue weighted by Crippen LogP contribution is 2.71. The van der Waals surface area contributed by atoms with E-state index < -0.39 is 0 Å². The van der Waals surface area contributed by atoms with Gasteiger partial charge in [-0.05, 0) is 80.3 Å². The molecule has 4 aliphatic carbocycles. The Hall–Kier alpha value is -1.38. The SMILES string of the molecule is CC12C=CC(=O)C=C1CCC1C3CC[C@]4(CCOC4=O)C3(C)CC[C@@H]12. The van der Waals surface area contributed by atoms with Crippen LogP contribution in [0.2, 0.25) is 0 Å². The molecule has 0 bridgehead atoms. The molecule has 3 nitrogen and oxygen atoms in total. The molecular weight excluding hydrogens is 312 g/mol. The molecule has 1 aliphatic heterocycles. The molecule has 1 spiro atoms. The van der Waals surface area contributed by atoms with Crippen molar-refractivity contribution >= 4 is 11.8 Å². The lowest BCUT2D eigenvalue weighted by atomic mass is 9.46. The lowest BCUT2D eigenvalue weighted by Crippen LogP contribution is -2.53. The third-order valence-corrected chi connectivity index (χ3v) is 9.07. The molecule has 4 fully saturated rings. The van der Waals surface area contributed by atoms with Crippen molar-refractivity contribution in [2.45, 2.75) is 58.8 Å². The van der Waals surface area contributed by atoms with E-state index in [9.17, 15) is 9.59 Å². The van der Waals surface area contributed by atoms with Gasteiger partial charge < -0.3 is 4.74 Å². The molecule has 3 heteroatoms. The molecule has 5 rings (SSSR count). The number of fused-ring (bicyclic) bond motifs is 6. The summed E-state index contributed by atoms with van der Waals surface area (Å²) in [5, 5.41) is 0. The first-order valence-electron chi connectivity index (χ1n) is 10.0. The van der Waals surface area contributed by atoms with E-state index >= 15 is 0 Å². The second-order valence-electron chi connectivity index (χ2n) is 9.57. The summed E-state index contributed by atoms with van der Waals surface area (Å²) in [6, 6.07) is 0. The second kappa shape index (κ2) is 4.86. The number of carbonyl (C=O) groups is 2. The maximum Gasteiger partial charge on any atom is 0.312 e. The number of hydrogen-bond donors (Lipinski definition) is 0. The molecule has 134 valence electrons. The molecule has 0 N–H and O–H groups in total. The maximum absolute atomic E-state index is 12.7. The fourth-order valence-electron chi connectivity index (χ4n) is 7.64. The van der Waals surface area contributed by atoms with Gasteiger partial charge in [-0.2, -0.15) is 0 Å². The van der Waals surface area contributed by atoms with E-state index in [1.54, 1.807) is 6.08 Å². The Bertz CT molecular complexity index is 719. The summed E-state index contributed by atoms with van der Waals surface area (Å²) in [5.74, 6) is 2.15. The van der Waals surface area contributed by atoms with Crippen LogP contribution in [0.3, 0.4) is 0 Å². The molecule has 6 atom stereocenters. The smallest absolute Gasteiger partial charge is 0.312 e. The molecule has 0 radical (unpaired) electrons. The van der Waals surface area contributed by atoms with Crippen LogP contribution in [-0.4, -0.2) is 18.4 Å². The van der Waals surface area contributed by atoms with Crippen molar-refractivity contribution in [1.29, 1.82) is 0 Å². The van der Waals surface area contributed by atoms with E-state index in [0.29, 0.717) is 24.4 Å². The van der Waals surface area contributed by atoms with Crippen molar-refractivity contribution in [1.82, 2.24) is 0 Å². The highest BCUT2D eigenvalue weighted by molar-refractivity contribution is 6.01. The van der Waals surface area contributed by atoms with Gasteiger partial charge in [0.15, 0.2) is 5.78 Å². The number of carbonyl (C=O) groups excluding carboxylic acids is 2. The molecule has 1 heterocycles. The van der Waals surface area contributed by atoms with Crippen molar-refractivity contribution in [3.8, 4) is 0 Å². The van der Waals surface area contributed by atoms with Crippen molar-refractivity contribution in [3.05, 3.63) is 23.8 Å². The summed E-state index contributed by atoms with van der Waals surface area (Å²) >= 11 is 0. The van der Waals surface area contributed by atoms with Crippen LogP contribution in [0.15, 0.2) is 23.8 Å². The second-order valence-corrected chi connectivity index (χ2v) is 9.57. The van der Waals surface area contributed by atoms with Crippen molar-refractivity contribution < 1.29 is 14.3 Å². The number of allylic oxidation sites excluding steroid dienone is 4. The minimum Gasteiger partial charge on any atom is -0.465 e. The van der Waals surface area contributed by atoms with Crippen LogP contribution >= 0.6 is 0 Å². The largest absolute Gasteiger partial charge is 0.465 e. The van der Waals surface area contributed by atoms with Crippen LogP contribution in [0, 0.1) is 34.0 Å². The minimum absolute atomic E-state index is 0.0457. The van der Waals surface area contributed by atoms with Gasteiger partial charge in [-0.1, -0.05) is 25.5 Å². The Morgan fingerprint density at radius 2 is 1.84 bits per heavy atom. The molecule has 5 aliphatic rings. The third kappa shape index (κ3) is 1.77. The fourth-order valence-corrected chi connectivity index (χ4v) is 7.64. The monoisotopic (exact) mass is 340 g/mol. The van der Waals surface area contributed by atoms with E-state index in [1.807, 2.05) is 6.08 Å². The number of hydrogen-bond acceptors (Lipinski definition) is 3. The van der Waals surface area contributed by atoms with Crippen LogP contribution in [0.1, 0.15) is 58.8 Å². The van der Waals surface area contributed by atoms with E-state index in [2.05, 4.69) is 19.9 Å². The van der Waals surface area contributed by atoms with Crippen LogP contribution < -0.4 is 0 Å². The minimum atomic E-state index is -0.210. The van der Waals surface area contributed by atoms with Gasteiger partial charge >= 0.3 is 5.97 Å². The molecule has 3 saturated carbocycles. The highest BCUT2D eigenvalue weighted by Gasteiger charge is 2.68. The fraction of sp³-hybridized carbons (Fsp3) is 0.727. The van der Waals surface area contributed by atoms with Gasteiger partial charge in [0.05, 0.1) is 12.0 Å². The average Bonchev–Trinajstić information content (AvgIpc) is 3.10. The number of ketones is 1. The van der Waals surface area contributed by atoms with Crippen molar-refractivity contribution in [2.24, 2.45) is 34.0 Å². The number of ether oxygens (including phenoxy) is 1. The van der Waals surface area contributed by atoms with E-state index in [4.69, 9.17) is 4.74 Å². The van der Waals surface area contributed by atoms with Gasteiger partial charge in [0, 0.05) is 5.41 Å². The van der Waals surface area contributed by atoms with Gasteiger partial charge in [0.1, 0.15) is 0 Å². The summed E-state index contributed by atoms with van der Waals surface area (Å²) in [5.41, 5.74) is 1.29. The summed E-state index contributed by atoms with van der Waals surface area (Å²) in [6.07, 6.45) is 13.5. The highest BCUT2D eigenvalue weighted by atomic mass is 16.5. The normalized spacial score (nSPS) is 51.0. The molecule has 0 aromatic carbocycles.